The van der Waals surface area contributed by atoms with Crippen LogP contribution in [0.5, 0.6) is 0 Å². The molecule has 1 aliphatic carbocycles. The molecule has 0 spiro atoms. The first kappa shape index (κ1) is 22.5. The summed E-state index contributed by atoms with van der Waals surface area (Å²) in [6, 6.07) is 14.9. The normalized spacial score (nSPS) is 15.0. The van der Waals surface area contributed by atoms with Crippen molar-refractivity contribution in [2.24, 2.45) is 5.92 Å². The molecule has 0 saturated carbocycles. The van der Waals surface area contributed by atoms with Gasteiger partial charge in [0.1, 0.15) is 11.6 Å². The Morgan fingerprint density at radius 3 is 1.97 bits per heavy atom. The zero-order valence-electron chi connectivity index (χ0n) is 18.3. The SMILES string of the molecule is CC(C)C[C@H](NS(=O)(=O)CC1c2ccccc2-c2ccccc21)C(=O)OC(C)(C)C. The summed E-state index contributed by atoms with van der Waals surface area (Å²) in [5, 5.41) is 0. The van der Waals surface area contributed by atoms with Gasteiger partial charge in [0.15, 0.2) is 0 Å². The van der Waals surface area contributed by atoms with Crippen LogP contribution < -0.4 is 4.72 Å². The fourth-order valence-corrected chi connectivity index (χ4v) is 5.48. The molecule has 0 amide bonds. The molecule has 2 aromatic carbocycles. The Balaban J connectivity index is 1.85. The van der Waals surface area contributed by atoms with Gasteiger partial charge in [0, 0.05) is 5.92 Å². The lowest BCUT2D eigenvalue weighted by Gasteiger charge is -2.26. The van der Waals surface area contributed by atoms with Crippen molar-refractivity contribution in [1.29, 1.82) is 0 Å². The maximum Gasteiger partial charge on any atom is 0.324 e. The van der Waals surface area contributed by atoms with Gasteiger partial charge in [0.2, 0.25) is 10.0 Å². The topological polar surface area (TPSA) is 72.5 Å². The van der Waals surface area contributed by atoms with Crippen LogP contribution in [0.3, 0.4) is 0 Å². The quantitative estimate of drug-likeness (QED) is 0.659. The van der Waals surface area contributed by atoms with Crippen LogP contribution in [-0.4, -0.2) is 31.8 Å². The zero-order chi connectivity index (χ0) is 22.1. The van der Waals surface area contributed by atoms with E-state index in [4.69, 9.17) is 4.74 Å². The second-order valence-corrected chi connectivity index (χ2v) is 11.1. The van der Waals surface area contributed by atoms with Crippen LogP contribution in [-0.2, 0) is 19.6 Å². The summed E-state index contributed by atoms with van der Waals surface area (Å²) in [6.07, 6.45) is 0.381. The van der Waals surface area contributed by atoms with Gasteiger partial charge >= 0.3 is 5.97 Å². The Bertz CT molecular complexity index is 976. The summed E-state index contributed by atoms with van der Waals surface area (Å²) < 4.78 is 34.4. The molecule has 0 saturated heterocycles. The Morgan fingerprint density at radius 2 is 1.50 bits per heavy atom. The van der Waals surface area contributed by atoms with E-state index in [1.54, 1.807) is 20.8 Å². The fraction of sp³-hybridized carbons (Fsp3) is 0.458. The number of carbonyl (C=O) groups is 1. The molecule has 0 radical (unpaired) electrons. The van der Waals surface area contributed by atoms with E-state index in [1.165, 1.54) is 0 Å². The Hall–Kier alpha value is -2.18. The molecule has 0 aliphatic heterocycles. The lowest BCUT2D eigenvalue weighted by molar-refractivity contribution is -0.157. The average molecular weight is 430 g/mol. The van der Waals surface area contributed by atoms with Gasteiger partial charge in [-0.1, -0.05) is 62.4 Å². The number of carbonyl (C=O) groups excluding carboxylic acids is 1. The van der Waals surface area contributed by atoms with Gasteiger partial charge in [0.25, 0.3) is 0 Å². The number of esters is 1. The summed E-state index contributed by atoms with van der Waals surface area (Å²) in [5.41, 5.74) is 3.46. The Kier molecular flexibility index (Phi) is 6.39. The minimum absolute atomic E-state index is 0.113. The third-order valence-electron chi connectivity index (χ3n) is 5.07. The van der Waals surface area contributed by atoms with Crippen LogP contribution in [0, 0.1) is 5.92 Å². The molecule has 30 heavy (non-hydrogen) atoms. The first-order valence-corrected chi connectivity index (χ1v) is 12.0. The second-order valence-electron chi connectivity index (χ2n) is 9.34. The minimum atomic E-state index is -3.75. The van der Waals surface area contributed by atoms with E-state index in [9.17, 15) is 13.2 Å². The number of benzene rings is 2. The summed E-state index contributed by atoms with van der Waals surface area (Å²) in [4.78, 5) is 12.7. The molecule has 5 nitrogen and oxygen atoms in total. The van der Waals surface area contributed by atoms with Gasteiger partial charge in [-0.25, -0.2) is 13.1 Å². The van der Waals surface area contributed by atoms with Crippen LogP contribution in [0.1, 0.15) is 58.1 Å². The van der Waals surface area contributed by atoms with Crippen molar-refractivity contribution in [3.05, 3.63) is 59.7 Å². The molecule has 1 atom stereocenters. The average Bonchev–Trinajstić information content (AvgIpc) is 2.93. The highest BCUT2D eigenvalue weighted by molar-refractivity contribution is 7.89. The Labute approximate surface area is 179 Å². The van der Waals surface area contributed by atoms with Crippen LogP contribution >= 0.6 is 0 Å². The van der Waals surface area contributed by atoms with E-state index in [1.807, 2.05) is 62.4 Å². The molecule has 0 heterocycles. The molecule has 162 valence electrons. The highest BCUT2D eigenvalue weighted by atomic mass is 32.2. The zero-order valence-corrected chi connectivity index (χ0v) is 19.1. The van der Waals surface area contributed by atoms with Gasteiger partial charge in [-0.3, -0.25) is 4.79 Å². The summed E-state index contributed by atoms with van der Waals surface area (Å²) in [7, 11) is -3.75. The van der Waals surface area contributed by atoms with Gasteiger partial charge in [-0.15, -0.1) is 0 Å². The van der Waals surface area contributed by atoms with Crippen LogP contribution in [0.4, 0.5) is 0 Å². The number of hydrogen-bond donors (Lipinski definition) is 1. The van der Waals surface area contributed by atoms with Crippen molar-refractivity contribution in [2.45, 2.75) is 58.6 Å². The van der Waals surface area contributed by atoms with E-state index < -0.39 is 27.6 Å². The second kappa shape index (κ2) is 8.52. The third kappa shape index (κ3) is 5.29. The maximum atomic E-state index is 13.1. The van der Waals surface area contributed by atoms with Crippen molar-refractivity contribution in [3.63, 3.8) is 0 Å². The van der Waals surface area contributed by atoms with Gasteiger partial charge in [-0.05, 0) is 55.4 Å². The van der Waals surface area contributed by atoms with E-state index in [2.05, 4.69) is 4.72 Å². The van der Waals surface area contributed by atoms with Gasteiger partial charge in [0.05, 0.1) is 5.75 Å². The molecule has 2 aromatic rings. The monoisotopic (exact) mass is 429 g/mol. The lowest BCUT2D eigenvalue weighted by Crippen LogP contribution is -2.46. The summed E-state index contributed by atoms with van der Waals surface area (Å²) >= 11 is 0. The number of hydrogen-bond acceptors (Lipinski definition) is 4. The van der Waals surface area contributed by atoms with Crippen molar-refractivity contribution in [2.75, 3.05) is 5.75 Å². The molecular formula is C24H31NO4S. The van der Waals surface area contributed by atoms with Gasteiger partial charge in [-0.2, -0.15) is 0 Å². The number of sulfonamides is 1. The molecule has 1 aliphatic rings. The van der Waals surface area contributed by atoms with E-state index in [0.29, 0.717) is 6.42 Å². The number of rotatable bonds is 7. The lowest BCUT2D eigenvalue weighted by atomic mass is 9.99. The van der Waals surface area contributed by atoms with Crippen molar-refractivity contribution in [3.8, 4) is 11.1 Å². The summed E-state index contributed by atoms with van der Waals surface area (Å²) in [6.45, 7) is 9.24. The molecule has 0 fully saturated rings. The van der Waals surface area contributed by atoms with E-state index in [-0.39, 0.29) is 17.6 Å². The molecule has 0 aromatic heterocycles. The molecule has 3 rings (SSSR count). The first-order valence-electron chi connectivity index (χ1n) is 10.4. The maximum absolute atomic E-state index is 13.1. The highest BCUT2D eigenvalue weighted by Crippen LogP contribution is 2.44. The molecule has 6 heteroatoms. The number of ether oxygens (including phenoxy) is 1. The van der Waals surface area contributed by atoms with Gasteiger partial charge < -0.3 is 4.74 Å². The van der Waals surface area contributed by atoms with Crippen molar-refractivity contribution in [1.82, 2.24) is 4.72 Å². The molecule has 0 unspecified atom stereocenters. The summed E-state index contributed by atoms with van der Waals surface area (Å²) in [5.74, 6) is -0.781. The largest absolute Gasteiger partial charge is 0.459 e. The smallest absolute Gasteiger partial charge is 0.324 e. The van der Waals surface area contributed by atoms with Crippen molar-refractivity contribution >= 4 is 16.0 Å². The predicted octanol–water partition coefficient (Wildman–Crippen LogP) is 4.47. The first-order chi connectivity index (χ1) is 14.0. The van der Waals surface area contributed by atoms with E-state index in [0.717, 1.165) is 22.3 Å². The molecular weight excluding hydrogens is 398 g/mol. The Morgan fingerprint density at radius 1 is 1.00 bits per heavy atom. The van der Waals surface area contributed by atoms with Crippen molar-refractivity contribution < 1.29 is 17.9 Å². The molecule has 0 bridgehead atoms. The predicted molar refractivity (Wildman–Crippen MR) is 120 cm³/mol. The number of nitrogens with one attached hydrogen (secondary N) is 1. The third-order valence-corrected chi connectivity index (χ3v) is 6.48. The van der Waals surface area contributed by atoms with Crippen LogP contribution in [0.2, 0.25) is 0 Å². The molecule has 1 N–H and O–H groups in total. The number of fused-ring (bicyclic) bond motifs is 3. The highest BCUT2D eigenvalue weighted by Gasteiger charge is 2.35. The van der Waals surface area contributed by atoms with Crippen LogP contribution in [0.25, 0.3) is 11.1 Å². The minimum Gasteiger partial charge on any atom is -0.459 e. The standard InChI is InChI=1S/C24H31NO4S/c1-16(2)14-22(23(26)29-24(3,4)5)25-30(27,28)15-21-19-12-8-6-10-17(19)18-11-7-9-13-20(18)21/h6-13,16,21-22,25H,14-15H2,1-5H3/t22-/m0/s1. The fourth-order valence-electron chi connectivity index (χ4n) is 3.96. The van der Waals surface area contributed by atoms with E-state index >= 15 is 0 Å². The van der Waals surface area contributed by atoms with Crippen LogP contribution in [0.15, 0.2) is 48.5 Å².